The van der Waals surface area contributed by atoms with E-state index in [4.69, 9.17) is 38.5 Å². The van der Waals surface area contributed by atoms with E-state index in [0.717, 1.165) is 19.3 Å². The average Bonchev–Trinajstić information content (AvgIpc) is 3.41. The topological polar surface area (TPSA) is 90.9 Å². The van der Waals surface area contributed by atoms with Gasteiger partial charge in [-0.25, -0.2) is 4.79 Å². The maximum absolute atomic E-state index is 12.7. The van der Waals surface area contributed by atoms with Gasteiger partial charge in [-0.15, -0.1) is 0 Å². The van der Waals surface area contributed by atoms with Gasteiger partial charge in [0.05, 0.1) is 5.56 Å². The maximum Gasteiger partial charge on any atom is 0.343 e. The Morgan fingerprint density at radius 1 is 0.818 bits per heavy atom. The van der Waals surface area contributed by atoms with Crippen LogP contribution in [0.5, 0.6) is 0 Å². The number of fused-ring (bicyclic) bond motifs is 3. The summed E-state index contributed by atoms with van der Waals surface area (Å²) in [6.45, 7) is -0.509. The molecule has 0 aromatic heterocycles. The lowest BCUT2D eigenvalue weighted by Gasteiger charge is -2.43. The number of benzene rings is 2. The van der Waals surface area contributed by atoms with Gasteiger partial charge in [0.15, 0.2) is 6.61 Å². The van der Waals surface area contributed by atoms with E-state index in [9.17, 15) is 4.79 Å². The first-order chi connectivity index (χ1) is 16.1. The molecular formula is C24H24O9. The van der Waals surface area contributed by atoms with Crippen molar-refractivity contribution in [3.05, 3.63) is 71.8 Å². The minimum atomic E-state index is -1.79. The number of carbonyl (C=O) groups is 1. The zero-order chi connectivity index (χ0) is 22.4. The van der Waals surface area contributed by atoms with Crippen LogP contribution in [0.25, 0.3) is 0 Å². The largest absolute Gasteiger partial charge is 0.456 e. The summed E-state index contributed by atoms with van der Waals surface area (Å²) in [7, 11) is 0. The molecule has 33 heavy (non-hydrogen) atoms. The second-order valence-electron chi connectivity index (χ2n) is 8.67. The summed E-state index contributed by atoms with van der Waals surface area (Å²) in [6, 6.07) is 17.7. The zero-order valence-corrected chi connectivity index (χ0v) is 17.9. The molecule has 0 N–H and O–H groups in total. The molecule has 2 aromatic rings. The molecule has 0 amide bonds. The highest BCUT2D eigenvalue weighted by atomic mass is 17.4. The minimum absolute atomic E-state index is 0.132. The molecule has 4 aliphatic rings. The monoisotopic (exact) mass is 456 g/mol. The van der Waals surface area contributed by atoms with Crippen molar-refractivity contribution >= 4 is 5.97 Å². The maximum atomic E-state index is 12.7. The van der Waals surface area contributed by atoms with Crippen molar-refractivity contribution in [2.75, 3.05) is 13.2 Å². The number of esters is 1. The number of carbonyl (C=O) groups excluding carboxylic acids is 1. The summed E-state index contributed by atoms with van der Waals surface area (Å²) in [5.41, 5.74) is 0.957. The van der Waals surface area contributed by atoms with Gasteiger partial charge in [0, 0.05) is 18.4 Å². The van der Waals surface area contributed by atoms with Crippen LogP contribution >= 0.6 is 0 Å². The van der Waals surface area contributed by atoms with Crippen molar-refractivity contribution < 1.29 is 43.3 Å². The first kappa shape index (κ1) is 21.2. The smallest absolute Gasteiger partial charge is 0.343 e. The zero-order valence-electron chi connectivity index (χ0n) is 17.9. The molecule has 3 aliphatic heterocycles. The van der Waals surface area contributed by atoms with Crippen molar-refractivity contribution in [1.29, 1.82) is 0 Å². The third kappa shape index (κ3) is 3.39. The molecule has 3 atom stereocenters. The van der Waals surface area contributed by atoms with Gasteiger partial charge in [-0.2, -0.15) is 19.6 Å². The minimum Gasteiger partial charge on any atom is -0.456 e. The first-order valence-electron chi connectivity index (χ1n) is 11.1. The van der Waals surface area contributed by atoms with E-state index in [-0.39, 0.29) is 13.2 Å². The fourth-order valence-electron chi connectivity index (χ4n) is 4.63. The van der Waals surface area contributed by atoms with Crippen LogP contribution in [0.15, 0.2) is 60.7 Å². The average molecular weight is 456 g/mol. The quantitative estimate of drug-likeness (QED) is 0.505. The van der Waals surface area contributed by atoms with Crippen molar-refractivity contribution in [1.82, 2.24) is 0 Å². The molecule has 174 valence electrons. The molecule has 2 bridgehead atoms. The lowest BCUT2D eigenvalue weighted by atomic mass is 9.93. The molecule has 3 unspecified atom stereocenters. The predicted molar refractivity (Wildman–Crippen MR) is 109 cm³/mol. The van der Waals surface area contributed by atoms with Gasteiger partial charge in [0.2, 0.25) is 5.79 Å². The van der Waals surface area contributed by atoms with E-state index in [1.807, 2.05) is 24.3 Å². The Bertz CT molecular complexity index is 1010. The van der Waals surface area contributed by atoms with Crippen molar-refractivity contribution in [2.24, 2.45) is 0 Å². The number of rotatable bonds is 4. The molecule has 9 nitrogen and oxygen atoms in total. The number of ether oxygens (including phenoxy) is 4. The Morgan fingerprint density at radius 2 is 1.55 bits per heavy atom. The standard InChI is InChI=1S/C24H24O9/c25-20(18-10-4-1-5-11-18)26-16-22-23(28-21(30-31-23)14-8-3-9-15-21)17-27-24(29-22,33-32-22)19-12-6-2-7-13-19/h1-2,4-7,10-13H,3,8-9,14-17H2. The van der Waals surface area contributed by atoms with Crippen LogP contribution in [0.4, 0.5) is 0 Å². The van der Waals surface area contributed by atoms with Gasteiger partial charge in [0.1, 0.15) is 6.61 Å². The van der Waals surface area contributed by atoms with Gasteiger partial charge in [-0.3, -0.25) is 4.74 Å². The second-order valence-corrected chi connectivity index (χ2v) is 8.67. The lowest BCUT2D eigenvalue weighted by Crippen LogP contribution is -2.66. The van der Waals surface area contributed by atoms with Crippen molar-refractivity contribution in [2.45, 2.75) is 55.4 Å². The van der Waals surface area contributed by atoms with Gasteiger partial charge < -0.3 is 14.2 Å². The first-order valence-corrected chi connectivity index (χ1v) is 11.1. The van der Waals surface area contributed by atoms with Gasteiger partial charge >= 0.3 is 17.7 Å². The molecule has 3 heterocycles. The highest BCUT2D eigenvalue weighted by Crippen LogP contribution is 2.57. The molecule has 4 fully saturated rings. The Balaban J connectivity index is 1.31. The van der Waals surface area contributed by atoms with Crippen LogP contribution in [0, 0.1) is 0 Å². The Hall–Kier alpha value is -2.37. The highest BCUT2D eigenvalue weighted by Gasteiger charge is 2.77. The fourth-order valence-corrected chi connectivity index (χ4v) is 4.63. The van der Waals surface area contributed by atoms with E-state index < -0.39 is 29.3 Å². The number of hydrogen-bond acceptors (Lipinski definition) is 9. The predicted octanol–water partition coefficient (Wildman–Crippen LogP) is 3.69. The summed E-state index contributed by atoms with van der Waals surface area (Å²) in [4.78, 5) is 35.5. The summed E-state index contributed by atoms with van der Waals surface area (Å²) < 4.78 is 24.2. The van der Waals surface area contributed by atoms with E-state index in [1.165, 1.54) is 0 Å². The third-order valence-electron chi connectivity index (χ3n) is 6.44. The molecule has 2 aromatic carbocycles. The van der Waals surface area contributed by atoms with Crippen LogP contribution < -0.4 is 0 Å². The molecule has 2 spiro atoms. The molecule has 1 saturated carbocycles. The van der Waals surface area contributed by atoms with Gasteiger partial charge in [-0.05, 0) is 25.0 Å². The van der Waals surface area contributed by atoms with Gasteiger partial charge in [-0.1, -0.05) is 55.0 Å². The normalized spacial score (nSPS) is 34.5. The Labute approximate surface area is 190 Å². The van der Waals surface area contributed by atoms with Gasteiger partial charge in [0.25, 0.3) is 5.79 Å². The molecular weight excluding hydrogens is 432 g/mol. The molecule has 6 rings (SSSR count). The molecule has 1 aliphatic carbocycles. The number of hydrogen-bond donors (Lipinski definition) is 0. The van der Waals surface area contributed by atoms with Crippen LogP contribution in [-0.2, 0) is 44.5 Å². The van der Waals surface area contributed by atoms with Crippen LogP contribution in [0.1, 0.15) is 48.0 Å². The van der Waals surface area contributed by atoms with Crippen LogP contribution in [0.3, 0.4) is 0 Å². The summed E-state index contributed by atoms with van der Waals surface area (Å²) in [6.07, 6.45) is 4.26. The highest BCUT2D eigenvalue weighted by molar-refractivity contribution is 5.89. The van der Waals surface area contributed by atoms with E-state index >= 15 is 0 Å². The Morgan fingerprint density at radius 3 is 2.30 bits per heavy atom. The summed E-state index contributed by atoms with van der Waals surface area (Å²) >= 11 is 0. The molecule has 9 heteroatoms. The van der Waals surface area contributed by atoms with Crippen molar-refractivity contribution in [3.63, 3.8) is 0 Å². The molecule has 3 saturated heterocycles. The van der Waals surface area contributed by atoms with E-state index in [2.05, 4.69) is 0 Å². The van der Waals surface area contributed by atoms with E-state index in [1.54, 1.807) is 36.4 Å². The fraction of sp³-hybridized carbons (Fsp3) is 0.458. The van der Waals surface area contributed by atoms with E-state index in [0.29, 0.717) is 24.0 Å². The lowest BCUT2D eigenvalue weighted by molar-refractivity contribution is -0.474. The van der Waals surface area contributed by atoms with Crippen molar-refractivity contribution in [3.8, 4) is 0 Å². The van der Waals surface area contributed by atoms with Crippen LogP contribution in [0.2, 0.25) is 0 Å². The summed E-state index contributed by atoms with van der Waals surface area (Å²) in [5.74, 6) is -6.61. The second kappa shape index (κ2) is 7.85. The molecule has 0 radical (unpaired) electrons. The third-order valence-corrected chi connectivity index (χ3v) is 6.44. The summed E-state index contributed by atoms with van der Waals surface area (Å²) in [5, 5.41) is 0. The van der Waals surface area contributed by atoms with Crippen LogP contribution in [-0.4, -0.2) is 36.5 Å². The SMILES string of the molecule is O=C(OCC12OOC(c3ccccc3)(OCC13OOC1(CCCCC1)O3)O2)c1ccccc1. The Kier molecular flexibility index (Phi) is 5.04.